The van der Waals surface area contributed by atoms with Crippen LogP contribution in [-0.2, 0) is 7.05 Å². The number of hydrogen-bond donors (Lipinski definition) is 2. The molecule has 0 amide bonds. The first kappa shape index (κ1) is 12.8. The summed E-state index contributed by atoms with van der Waals surface area (Å²) in [5, 5.41) is 3.99. The van der Waals surface area contributed by atoms with Gasteiger partial charge in [0.25, 0.3) is 0 Å². The van der Waals surface area contributed by atoms with E-state index in [0.29, 0.717) is 0 Å². The molecule has 0 spiro atoms. The van der Waals surface area contributed by atoms with E-state index < -0.39 is 0 Å². The summed E-state index contributed by atoms with van der Waals surface area (Å²) >= 11 is 4.58. The Kier molecular flexibility index (Phi) is 5.74. The lowest BCUT2D eigenvalue weighted by Gasteiger charge is -1.93. The molecule has 0 aromatic carbocycles. The van der Waals surface area contributed by atoms with E-state index in [1.807, 2.05) is 36.1 Å². The highest BCUT2D eigenvalue weighted by molar-refractivity contribution is 7.80. The van der Waals surface area contributed by atoms with Gasteiger partial charge in [0.1, 0.15) is 7.05 Å². The van der Waals surface area contributed by atoms with Gasteiger partial charge in [-0.05, 0) is 18.3 Å². The third-order valence-electron chi connectivity index (χ3n) is 1.35. The fourth-order valence-electron chi connectivity index (χ4n) is 0.858. The highest BCUT2D eigenvalue weighted by Gasteiger charge is 1.93. The molecule has 0 fully saturated rings. The molecule has 3 N–H and O–H groups in total. The van der Waals surface area contributed by atoms with Gasteiger partial charge < -0.3 is 18.1 Å². The van der Waals surface area contributed by atoms with E-state index >= 15 is 0 Å². The van der Waals surface area contributed by atoms with Crippen LogP contribution >= 0.6 is 12.2 Å². The van der Waals surface area contributed by atoms with Crippen molar-refractivity contribution >= 4 is 23.5 Å². The lowest BCUT2D eigenvalue weighted by atomic mass is 10.3. The summed E-state index contributed by atoms with van der Waals surface area (Å²) in [6.07, 6.45) is 5.53. The third-order valence-corrected chi connectivity index (χ3v) is 1.44. The molecule has 0 radical (unpaired) electrons. The van der Waals surface area contributed by atoms with Crippen LogP contribution in [0.4, 0.5) is 0 Å². The number of aromatic nitrogens is 1. The van der Waals surface area contributed by atoms with Crippen LogP contribution in [-0.4, -0.2) is 11.3 Å². The van der Waals surface area contributed by atoms with Gasteiger partial charge >= 0.3 is 0 Å². The van der Waals surface area contributed by atoms with Gasteiger partial charge in [0, 0.05) is 6.07 Å². The van der Waals surface area contributed by atoms with E-state index in [2.05, 4.69) is 22.7 Å². The van der Waals surface area contributed by atoms with E-state index in [0.717, 1.165) is 5.56 Å². The smallest absolute Gasteiger partial charge is 0.184 e. The molecule has 0 aliphatic heterocycles. The van der Waals surface area contributed by atoms with Crippen molar-refractivity contribution in [2.24, 2.45) is 17.9 Å². The zero-order chi connectivity index (χ0) is 9.68. The second kappa shape index (κ2) is 6.28. The molecule has 1 aromatic heterocycles. The molecule has 0 aliphatic rings. The van der Waals surface area contributed by atoms with Gasteiger partial charge in [-0.3, -0.25) is 5.43 Å². The average Bonchev–Trinajstić information content (AvgIpc) is 2.03. The number of aryl methyl sites for hydroxylation is 1. The van der Waals surface area contributed by atoms with Crippen LogP contribution in [0.2, 0.25) is 0 Å². The number of nitrogens with one attached hydrogen (secondary N) is 1. The molecule has 0 bridgehead atoms. The summed E-state index contributed by atoms with van der Waals surface area (Å²) in [6.45, 7) is 0. The molecule has 6 heteroatoms. The fourth-order valence-corrected chi connectivity index (χ4v) is 0.911. The van der Waals surface area contributed by atoms with Crippen LogP contribution in [0.25, 0.3) is 0 Å². The molecule has 4 nitrogen and oxygen atoms in total. The number of halogens is 1. The van der Waals surface area contributed by atoms with Crippen molar-refractivity contribution < 1.29 is 17.0 Å². The van der Waals surface area contributed by atoms with E-state index in [1.165, 1.54) is 0 Å². The summed E-state index contributed by atoms with van der Waals surface area (Å²) in [4.78, 5) is 0. The quantitative estimate of drug-likeness (QED) is 0.242. The minimum Gasteiger partial charge on any atom is -1.00 e. The normalized spacial score (nSPS) is 9.50. The predicted molar refractivity (Wildman–Crippen MR) is 55.1 cm³/mol. The Balaban J connectivity index is 0.00000169. The molecule has 0 aliphatic carbocycles. The predicted octanol–water partition coefficient (Wildman–Crippen LogP) is -3.32. The second-order valence-corrected chi connectivity index (χ2v) is 2.98. The number of thiocarbonyl (C=S) groups is 1. The molecule has 0 saturated heterocycles. The Labute approximate surface area is 94.2 Å². The van der Waals surface area contributed by atoms with Gasteiger partial charge in [-0.2, -0.15) is 5.10 Å². The van der Waals surface area contributed by atoms with Gasteiger partial charge in [-0.1, -0.05) is 0 Å². The van der Waals surface area contributed by atoms with Crippen molar-refractivity contribution in [2.75, 3.05) is 0 Å². The Bertz CT molecular complexity index is 340. The highest BCUT2D eigenvalue weighted by atomic mass is 35.5. The molecule has 1 rings (SSSR count). The molecular formula is C8H11ClN4S. The van der Waals surface area contributed by atoms with Crippen molar-refractivity contribution in [3.05, 3.63) is 30.1 Å². The number of nitrogens with two attached hydrogens (primary N) is 1. The molecule has 0 atom stereocenters. The molecule has 1 heterocycles. The van der Waals surface area contributed by atoms with Crippen LogP contribution in [0.1, 0.15) is 5.56 Å². The number of nitrogens with zero attached hydrogens (tertiary/aromatic N) is 2. The van der Waals surface area contributed by atoms with Crippen molar-refractivity contribution in [2.45, 2.75) is 0 Å². The van der Waals surface area contributed by atoms with E-state index in [1.54, 1.807) is 6.21 Å². The molecule has 0 saturated carbocycles. The van der Waals surface area contributed by atoms with Crippen LogP contribution in [0, 0.1) is 0 Å². The summed E-state index contributed by atoms with van der Waals surface area (Å²) < 4.78 is 1.93. The standard InChI is InChI=1S/C8H10N4S.ClH/c1-12-4-2-3-7(6-12)5-10-11-8(9)13;/h2-6H,1H3,(H2-,9,11,13);1H/b10-5+;. The Morgan fingerprint density at radius 3 is 3.00 bits per heavy atom. The molecule has 0 unspecified atom stereocenters. The van der Waals surface area contributed by atoms with Gasteiger partial charge in [0.15, 0.2) is 17.5 Å². The first-order valence-corrected chi connectivity index (χ1v) is 4.13. The van der Waals surface area contributed by atoms with Crippen LogP contribution in [0.5, 0.6) is 0 Å². The zero-order valence-corrected chi connectivity index (χ0v) is 9.22. The van der Waals surface area contributed by atoms with Crippen LogP contribution in [0.3, 0.4) is 0 Å². The number of hydrazone groups is 1. The Morgan fingerprint density at radius 1 is 1.71 bits per heavy atom. The number of pyridine rings is 1. The topological polar surface area (TPSA) is 54.3 Å². The SMILES string of the molecule is C[n+]1cccc(/C=N/NC(N)=S)c1.[Cl-]. The monoisotopic (exact) mass is 230 g/mol. The second-order valence-electron chi connectivity index (χ2n) is 2.54. The van der Waals surface area contributed by atoms with Crippen molar-refractivity contribution in [3.63, 3.8) is 0 Å². The summed E-state index contributed by atoms with van der Waals surface area (Å²) in [6, 6.07) is 3.87. The summed E-state index contributed by atoms with van der Waals surface area (Å²) in [7, 11) is 1.94. The summed E-state index contributed by atoms with van der Waals surface area (Å²) in [5.74, 6) is 0. The maximum Gasteiger partial charge on any atom is 0.184 e. The zero-order valence-electron chi connectivity index (χ0n) is 7.64. The maximum atomic E-state index is 5.19. The lowest BCUT2D eigenvalue weighted by molar-refractivity contribution is -0.671. The minimum absolute atomic E-state index is 0. The van der Waals surface area contributed by atoms with Gasteiger partial charge in [-0.15, -0.1) is 0 Å². The van der Waals surface area contributed by atoms with Crippen LogP contribution < -0.4 is 28.1 Å². The molecular weight excluding hydrogens is 220 g/mol. The first-order chi connectivity index (χ1) is 6.18. The Morgan fingerprint density at radius 2 is 2.43 bits per heavy atom. The minimum atomic E-state index is 0. The van der Waals surface area contributed by atoms with E-state index in [-0.39, 0.29) is 17.5 Å². The van der Waals surface area contributed by atoms with Crippen molar-refractivity contribution in [1.82, 2.24) is 5.43 Å². The third kappa shape index (κ3) is 4.74. The maximum absolute atomic E-state index is 5.19. The highest BCUT2D eigenvalue weighted by Crippen LogP contribution is 1.87. The average molecular weight is 231 g/mol. The van der Waals surface area contributed by atoms with E-state index in [9.17, 15) is 0 Å². The Hall–Kier alpha value is -1.20. The lowest BCUT2D eigenvalue weighted by Crippen LogP contribution is -3.00. The summed E-state index contributed by atoms with van der Waals surface area (Å²) in [5.41, 5.74) is 8.65. The molecule has 1 aromatic rings. The van der Waals surface area contributed by atoms with Crippen molar-refractivity contribution in [1.29, 1.82) is 0 Å². The van der Waals surface area contributed by atoms with Gasteiger partial charge in [-0.25, -0.2) is 4.57 Å². The molecule has 76 valence electrons. The largest absolute Gasteiger partial charge is 1.00 e. The molecule has 14 heavy (non-hydrogen) atoms. The van der Waals surface area contributed by atoms with Crippen molar-refractivity contribution in [3.8, 4) is 0 Å². The number of hydrogen-bond acceptors (Lipinski definition) is 2. The van der Waals surface area contributed by atoms with Gasteiger partial charge in [0.2, 0.25) is 0 Å². The fraction of sp³-hybridized carbons (Fsp3) is 0.125. The first-order valence-electron chi connectivity index (χ1n) is 3.72. The van der Waals surface area contributed by atoms with E-state index in [4.69, 9.17) is 5.73 Å². The van der Waals surface area contributed by atoms with Gasteiger partial charge in [0.05, 0.1) is 11.8 Å². The van der Waals surface area contributed by atoms with Crippen LogP contribution in [0.15, 0.2) is 29.6 Å². The number of rotatable bonds is 2.